The van der Waals surface area contributed by atoms with Crippen LogP contribution in [-0.2, 0) is 19.6 Å². The van der Waals surface area contributed by atoms with Crippen molar-refractivity contribution < 1.29 is 23.1 Å². The predicted molar refractivity (Wildman–Crippen MR) is 126 cm³/mol. The standard InChI is InChI=1S/C22H25N5O5S/c1-26(14-20(28)29)33(31,32)16-5-2-4-15(12-16)24-13-17-21-18(25-22(17)30)6-3-7-19(21)27-10-8-23-9-11-27/h2-7,12-13,23-24H,8-11,14H2,1H3,(H,25,30)(H,28,29)/b17-13-. The number of hydrogen-bond donors (Lipinski definition) is 4. The summed E-state index contributed by atoms with van der Waals surface area (Å²) in [5.41, 5.74) is 3.41. The number of benzene rings is 2. The van der Waals surface area contributed by atoms with Crippen molar-refractivity contribution in [3.63, 3.8) is 0 Å². The first kappa shape index (κ1) is 22.8. The molecule has 2 aliphatic heterocycles. The lowest BCUT2D eigenvalue weighted by atomic mass is 10.0. The molecule has 0 unspecified atom stereocenters. The highest BCUT2D eigenvalue weighted by Gasteiger charge is 2.29. The van der Waals surface area contributed by atoms with Gasteiger partial charge in [0.1, 0.15) is 6.54 Å². The highest BCUT2D eigenvalue weighted by Crippen LogP contribution is 2.39. The molecule has 0 saturated carbocycles. The number of rotatable bonds is 7. The van der Waals surface area contributed by atoms with Crippen molar-refractivity contribution in [2.24, 2.45) is 0 Å². The zero-order chi connectivity index (χ0) is 23.6. The van der Waals surface area contributed by atoms with Crippen LogP contribution in [0.25, 0.3) is 5.57 Å². The van der Waals surface area contributed by atoms with Crippen LogP contribution in [0.3, 0.4) is 0 Å². The Balaban J connectivity index is 1.62. The number of carboxylic acid groups (broad SMARTS) is 1. The third kappa shape index (κ3) is 4.70. The number of nitrogens with zero attached hydrogens (tertiary/aromatic N) is 2. The van der Waals surface area contributed by atoms with E-state index in [-0.39, 0.29) is 10.8 Å². The number of nitrogens with one attached hydrogen (secondary N) is 3. The second-order valence-electron chi connectivity index (χ2n) is 7.78. The maximum atomic E-state index is 12.7. The Morgan fingerprint density at radius 1 is 1.21 bits per heavy atom. The molecule has 11 heteroatoms. The van der Waals surface area contributed by atoms with Crippen molar-refractivity contribution in [1.82, 2.24) is 9.62 Å². The maximum Gasteiger partial charge on any atom is 0.318 e. The van der Waals surface area contributed by atoms with Crippen LogP contribution in [0.1, 0.15) is 5.56 Å². The molecular weight excluding hydrogens is 446 g/mol. The van der Waals surface area contributed by atoms with Crippen molar-refractivity contribution in [1.29, 1.82) is 0 Å². The van der Waals surface area contributed by atoms with E-state index in [4.69, 9.17) is 5.11 Å². The van der Waals surface area contributed by atoms with E-state index in [2.05, 4.69) is 20.9 Å². The summed E-state index contributed by atoms with van der Waals surface area (Å²) < 4.78 is 26.1. The van der Waals surface area contributed by atoms with Gasteiger partial charge in [0, 0.05) is 56.4 Å². The van der Waals surface area contributed by atoms with Crippen molar-refractivity contribution in [3.05, 3.63) is 54.2 Å². The highest BCUT2D eigenvalue weighted by molar-refractivity contribution is 7.89. The lowest BCUT2D eigenvalue weighted by Crippen LogP contribution is -2.43. The van der Waals surface area contributed by atoms with Gasteiger partial charge in [0.15, 0.2) is 0 Å². The Bertz CT molecular complexity index is 1220. The molecule has 0 spiro atoms. The van der Waals surface area contributed by atoms with Crippen LogP contribution >= 0.6 is 0 Å². The van der Waals surface area contributed by atoms with Crippen LogP contribution in [0.5, 0.6) is 0 Å². The van der Waals surface area contributed by atoms with Crippen LogP contribution in [0.4, 0.5) is 17.1 Å². The molecule has 33 heavy (non-hydrogen) atoms. The second kappa shape index (κ2) is 9.22. The number of hydrogen-bond acceptors (Lipinski definition) is 7. The van der Waals surface area contributed by atoms with Gasteiger partial charge in [0.25, 0.3) is 5.91 Å². The van der Waals surface area contributed by atoms with Crippen LogP contribution < -0.4 is 20.9 Å². The molecule has 1 amide bonds. The smallest absolute Gasteiger partial charge is 0.318 e. The third-order valence-electron chi connectivity index (χ3n) is 5.55. The minimum absolute atomic E-state index is 0.0487. The van der Waals surface area contributed by atoms with E-state index in [0.717, 1.165) is 47.4 Å². The summed E-state index contributed by atoms with van der Waals surface area (Å²) in [5.74, 6) is -1.49. The molecule has 2 aromatic carbocycles. The van der Waals surface area contributed by atoms with E-state index < -0.39 is 22.5 Å². The molecule has 0 radical (unpaired) electrons. The topological polar surface area (TPSA) is 131 Å². The summed E-state index contributed by atoms with van der Waals surface area (Å²) in [7, 11) is -2.76. The normalized spacial score (nSPS) is 17.2. The monoisotopic (exact) mass is 471 g/mol. The molecule has 2 aromatic rings. The molecule has 174 valence electrons. The number of sulfonamides is 1. The summed E-state index contributed by atoms with van der Waals surface area (Å²) in [6.07, 6.45) is 1.57. The molecule has 4 N–H and O–H groups in total. The molecule has 0 aromatic heterocycles. The van der Waals surface area contributed by atoms with Gasteiger partial charge in [-0.1, -0.05) is 12.1 Å². The average Bonchev–Trinajstić information content (AvgIpc) is 3.13. The van der Waals surface area contributed by atoms with Crippen LogP contribution in [0.2, 0.25) is 0 Å². The molecular formula is C22H25N5O5S. The van der Waals surface area contributed by atoms with E-state index in [1.807, 2.05) is 18.2 Å². The minimum atomic E-state index is -3.97. The second-order valence-corrected chi connectivity index (χ2v) is 9.82. The van der Waals surface area contributed by atoms with Gasteiger partial charge in [0.2, 0.25) is 10.0 Å². The van der Waals surface area contributed by atoms with Gasteiger partial charge < -0.3 is 26.0 Å². The highest BCUT2D eigenvalue weighted by atomic mass is 32.2. The first-order chi connectivity index (χ1) is 15.8. The number of piperazine rings is 1. The van der Waals surface area contributed by atoms with Gasteiger partial charge in [-0.2, -0.15) is 4.31 Å². The quantitative estimate of drug-likeness (QED) is 0.443. The molecule has 2 heterocycles. The maximum absolute atomic E-state index is 12.7. The van der Waals surface area contributed by atoms with E-state index in [0.29, 0.717) is 11.3 Å². The van der Waals surface area contributed by atoms with Gasteiger partial charge in [0.05, 0.1) is 16.2 Å². The van der Waals surface area contributed by atoms with E-state index in [1.54, 1.807) is 18.3 Å². The Morgan fingerprint density at radius 2 is 1.94 bits per heavy atom. The molecule has 1 saturated heterocycles. The summed E-state index contributed by atoms with van der Waals surface area (Å²) in [4.78, 5) is 25.8. The number of fused-ring (bicyclic) bond motifs is 1. The lowest BCUT2D eigenvalue weighted by molar-refractivity contribution is -0.137. The fraction of sp³-hybridized carbons (Fsp3) is 0.273. The lowest BCUT2D eigenvalue weighted by Gasteiger charge is -2.31. The minimum Gasteiger partial charge on any atom is -0.480 e. The number of anilines is 3. The van der Waals surface area contributed by atoms with Gasteiger partial charge in [-0.25, -0.2) is 8.42 Å². The van der Waals surface area contributed by atoms with E-state index in [9.17, 15) is 18.0 Å². The van der Waals surface area contributed by atoms with Crippen LogP contribution in [0, 0.1) is 0 Å². The summed E-state index contributed by atoms with van der Waals surface area (Å²) in [6.45, 7) is 2.74. The van der Waals surface area contributed by atoms with Gasteiger partial charge in [-0.15, -0.1) is 0 Å². The largest absolute Gasteiger partial charge is 0.480 e. The Hall–Kier alpha value is -3.41. The first-order valence-corrected chi connectivity index (χ1v) is 11.9. The summed E-state index contributed by atoms with van der Waals surface area (Å²) in [5, 5.41) is 18.1. The number of aliphatic carboxylic acids is 1. The molecule has 0 atom stereocenters. The van der Waals surface area contributed by atoms with Crippen molar-refractivity contribution >= 4 is 44.5 Å². The fourth-order valence-electron chi connectivity index (χ4n) is 3.89. The van der Waals surface area contributed by atoms with Crippen LogP contribution in [-0.4, -0.2) is 69.5 Å². The Kier molecular flexibility index (Phi) is 6.36. The number of amides is 1. The van der Waals surface area contributed by atoms with E-state index in [1.165, 1.54) is 19.2 Å². The van der Waals surface area contributed by atoms with Gasteiger partial charge in [-0.3, -0.25) is 9.59 Å². The Morgan fingerprint density at radius 3 is 2.67 bits per heavy atom. The number of carbonyl (C=O) groups is 2. The molecule has 10 nitrogen and oxygen atoms in total. The van der Waals surface area contributed by atoms with Crippen LogP contribution in [0.15, 0.2) is 53.6 Å². The summed E-state index contributed by atoms with van der Waals surface area (Å²) >= 11 is 0. The fourth-order valence-corrected chi connectivity index (χ4v) is 5.06. The molecule has 0 bridgehead atoms. The molecule has 4 rings (SSSR count). The van der Waals surface area contributed by atoms with E-state index >= 15 is 0 Å². The first-order valence-electron chi connectivity index (χ1n) is 10.4. The zero-order valence-corrected chi connectivity index (χ0v) is 18.9. The zero-order valence-electron chi connectivity index (χ0n) is 18.0. The van der Waals surface area contributed by atoms with Gasteiger partial charge in [-0.05, 0) is 30.3 Å². The average molecular weight is 472 g/mol. The molecule has 1 fully saturated rings. The number of carbonyl (C=O) groups excluding carboxylic acids is 1. The molecule has 2 aliphatic rings. The number of likely N-dealkylation sites (N-methyl/N-ethyl adjacent to an activating group) is 1. The molecule has 0 aliphatic carbocycles. The number of carboxylic acids is 1. The predicted octanol–water partition coefficient (Wildman–Crippen LogP) is 1.21. The van der Waals surface area contributed by atoms with Gasteiger partial charge >= 0.3 is 5.97 Å². The Labute approximate surface area is 191 Å². The summed E-state index contributed by atoms with van der Waals surface area (Å²) in [6, 6.07) is 11.8. The SMILES string of the molecule is CN(CC(=O)O)S(=O)(=O)c1cccc(N/C=C2\C(=O)Nc3cccc(N4CCNCC4)c32)c1. The van der Waals surface area contributed by atoms with Crippen molar-refractivity contribution in [2.75, 3.05) is 55.3 Å². The third-order valence-corrected chi connectivity index (χ3v) is 7.35. The van der Waals surface area contributed by atoms with Crippen molar-refractivity contribution in [2.45, 2.75) is 4.90 Å². The van der Waals surface area contributed by atoms with Crippen molar-refractivity contribution in [3.8, 4) is 0 Å².